The zero-order chi connectivity index (χ0) is 15.9. The van der Waals surface area contributed by atoms with Crippen molar-refractivity contribution in [2.45, 2.75) is 45.6 Å². The van der Waals surface area contributed by atoms with Crippen LogP contribution in [0.2, 0.25) is 5.02 Å². The molecule has 1 N–H and O–H groups in total. The second kappa shape index (κ2) is 8.18. The number of carbonyl (C=O) groups excluding carboxylic acids is 2. The first kappa shape index (κ1) is 16.8. The van der Waals surface area contributed by atoms with Crippen LogP contribution in [0, 0.1) is 6.92 Å². The Kier molecular flexibility index (Phi) is 6.25. The maximum atomic E-state index is 11.9. The Bertz CT molecular complexity index is 545. The standard InChI is InChI=1S/C17H23ClN2O2/c1-13-14(6-4-7-15(13)18)12-19-16(21)8-5-11-20-10-3-2-9-17(20)22/h4,6-7H,2-3,5,8-12H2,1H3,(H,19,21). The molecule has 1 heterocycles. The van der Waals surface area contributed by atoms with Crippen molar-refractivity contribution in [1.29, 1.82) is 0 Å². The predicted octanol–water partition coefficient (Wildman–Crippen LogP) is 3.06. The molecule has 120 valence electrons. The first-order chi connectivity index (χ1) is 10.6. The van der Waals surface area contributed by atoms with Crippen LogP contribution in [0.4, 0.5) is 0 Å². The average molecular weight is 323 g/mol. The zero-order valence-corrected chi connectivity index (χ0v) is 13.8. The highest BCUT2D eigenvalue weighted by Gasteiger charge is 2.17. The number of likely N-dealkylation sites (tertiary alicyclic amines) is 1. The van der Waals surface area contributed by atoms with Gasteiger partial charge < -0.3 is 10.2 Å². The third-order valence-corrected chi connectivity index (χ3v) is 4.52. The van der Waals surface area contributed by atoms with Crippen LogP contribution < -0.4 is 5.32 Å². The van der Waals surface area contributed by atoms with Crippen LogP contribution in [0.5, 0.6) is 0 Å². The van der Waals surface area contributed by atoms with Gasteiger partial charge in [0.25, 0.3) is 0 Å². The molecule has 0 radical (unpaired) electrons. The van der Waals surface area contributed by atoms with Gasteiger partial charge in [-0.2, -0.15) is 0 Å². The molecule has 1 aliphatic rings. The van der Waals surface area contributed by atoms with E-state index in [9.17, 15) is 9.59 Å². The summed E-state index contributed by atoms with van der Waals surface area (Å²) >= 11 is 6.06. The third-order valence-electron chi connectivity index (χ3n) is 4.11. The molecule has 1 aliphatic heterocycles. The molecule has 2 rings (SSSR count). The van der Waals surface area contributed by atoms with Crippen molar-refractivity contribution in [3.05, 3.63) is 34.3 Å². The van der Waals surface area contributed by atoms with Crippen molar-refractivity contribution in [3.63, 3.8) is 0 Å². The smallest absolute Gasteiger partial charge is 0.222 e. The molecule has 2 amide bonds. The fraction of sp³-hybridized carbons (Fsp3) is 0.529. The van der Waals surface area contributed by atoms with Gasteiger partial charge in [0.2, 0.25) is 11.8 Å². The molecule has 0 aromatic heterocycles. The minimum atomic E-state index is 0.0174. The number of piperidine rings is 1. The lowest BCUT2D eigenvalue weighted by atomic mass is 10.1. The fourth-order valence-electron chi connectivity index (χ4n) is 2.65. The largest absolute Gasteiger partial charge is 0.352 e. The maximum Gasteiger partial charge on any atom is 0.222 e. The molecular weight excluding hydrogens is 300 g/mol. The first-order valence-corrected chi connectivity index (χ1v) is 8.24. The van der Waals surface area contributed by atoms with Crippen LogP contribution in [0.1, 0.15) is 43.2 Å². The number of hydrogen-bond donors (Lipinski definition) is 1. The van der Waals surface area contributed by atoms with Gasteiger partial charge in [-0.3, -0.25) is 9.59 Å². The average Bonchev–Trinajstić information content (AvgIpc) is 2.51. The lowest BCUT2D eigenvalue weighted by Crippen LogP contribution is -2.36. The van der Waals surface area contributed by atoms with Gasteiger partial charge in [-0.1, -0.05) is 23.7 Å². The Balaban J connectivity index is 1.69. The monoisotopic (exact) mass is 322 g/mol. The molecule has 0 unspecified atom stereocenters. The number of carbonyl (C=O) groups is 2. The zero-order valence-electron chi connectivity index (χ0n) is 13.0. The number of rotatable bonds is 6. The highest BCUT2D eigenvalue weighted by molar-refractivity contribution is 6.31. The normalized spacial score (nSPS) is 15.0. The van der Waals surface area contributed by atoms with E-state index in [-0.39, 0.29) is 11.8 Å². The maximum absolute atomic E-state index is 11.9. The minimum Gasteiger partial charge on any atom is -0.352 e. The summed E-state index contributed by atoms with van der Waals surface area (Å²) in [5, 5.41) is 3.63. The number of nitrogens with zero attached hydrogens (tertiary/aromatic N) is 1. The summed E-state index contributed by atoms with van der Waals surface area (Å²) < 4.78 is 0. The van der Waals surface area contributed by atoms with Gasteiger partial charge in [-0.15, -0.1) is 0 Å². The molecule has 1 aromatic carbocycles. The fourth-order valence-corrected chi connectivity index (χ4v) is 2.85. The van der Waals surface area contributed by atoms with Gasteiger partial charge in [0.15, 0.2) is 0 Å². The number of halogens is 1. The van der Waals surface area contributed by atoms with Crippen LogP contribution in [0.15, 0.2) is 18.2 Å². The molecule has 0 bridgehead atoms. The second-order valence-corrected chi connectivity index (χ2v) is 6.15. The molecule has 0 aliphatic carbocycles. The topological polar surface area (TPSA) is 49.4 Å². The van der Waals surface area contributed by atoms with E-state index in [1.807, 2.05) is 30.0 Å². The van der Waals surface area contributed by atoms with E-state index in [1.165, 1.54) is 0 Å². The van der Waals surface area contributed by atoms with E-state index in [4.69, 9.17) is 11.6 Å². The van der Waals surface area contributed by atoms with Crippen LogP contribution in [-0.2, 0) is 16.1 Å². The molecule has 0 spiro atoms. The molecule has 0 atom stereocenters. The lowest BCUT2D eigenvalue weighted by molar-refractivity contribution is -0.133. The van der Waals surface area contributed by atoms with Crippen LogP contribution >= 0.6 is 11.6 Å². The number of hydrogen-bond acceptors (Lipinski definition) is 2. The summed E-state index contributed by atoms with van der Waals surface area (Å²) in [7, 11) is 0. The van der Waals surface area contributed by atoms with Crippen molar-refractivity contribution in [1.82, 2.24) is 10.2 Å². The molecule has 1 saturated heterocycles. The van der Waals surface area contributed by atoms with E-state index in [1.54, 1.807) is 0 Å². The van der Waals surface area contributed by atoms with Crippen molar-refractivity contribution in [3.8, 4) is 0 Å². The van der Waals surface area contributed by atoms with E-state index in [2.05, 4.69) is 5.32 Å². The summed E-state index contributed by atoms with van der Waals surface area (Å²) in [5.74, 6) is 0.241. The quantitative estimate of drug-likeness (QED) is 0.875. The highest BCUT2D eigenvalue weighted by atomic mass is 35.5. The Morgan fingerprint density at radius 2 is 2.18 bits per heavy atom. The van der Waals surface area contributed by atoms with Crippen LogP contribution in [0.3, 0.4) is 0 Å². The number of benzene rings is 1. The van der Waals surface area contributed by atoms with Crippen molar-refractivity contribution >= 4 is 23.4 Å². The number of amides is 2. The molecule has 5 heteroatoms. The molecule has 1 aromatic rings. The Labute approximate surface area is 136 Å². The second-order valence-electron chi connectivity index (χ2n) is 5.74. The summed E-state index contributed by atoms with van der Waals surface area (Å²) in [6.45, 7) is 3.96. The predicted molar refractivity (Wildman–Crippen MR) is 87.7 cm³/mol. The molecule has 22 heavy (non-hydrogen) atoms. The Morgan fingerprint density at radius 1 is 1.36 bits per heavy atom. The molecular formula is C17H23ClN2O2. The van der Waals surface area contributed by atoms with Gasteiger partial charge in [0, 0.05) is 37.5 Å². The highest BCUT2D eigenvalue weighted by Crippen LogP contribution is 2.18. The van der Waals surface area contributed by atoms with Gasteiger partial charge >= 0.3 is 0 Å². The van der Waals surface area contributed by atoms with Crippen molar-refractivity contribution < 1.29 is 9.59 Å². The van der Waals surface area contributed by atoms with Crippen molar-refractivity contribution in [2.75, 3.05) is 13.1 Å². The van der Waals surface area contributed by atoms with Crippen LogP contribution in [-0.4, -0.2) is 29.8 Å². The molecule has 0 saturated carbocycles. The van der Waals surface area contributed by atoms with E-state index in [0.29, 0.717) is 32.4 Å². The minimum absolute atomic E-state index is 0.0174. The Hall–Kier alpha value is -1.55. The van der Waals surface area contributed by atoms with Gasteiger partial charge in [0.05, 0.1) is 0 Å². The van der Waals surface area contributed by atoms with E-state index >= 15 is 0 Å². The lowest BCUT2D eigenvalue weighted by Gasteiger charge is -2.26. The van der Waals surface area contributed by atoms with Gasteiger partial charge in [-0.05, 0) is 43.4 Å². The SMILES string of the molecule is Cc1c(Cl)cccc1CNC(=O)CCCN1CCCCC1=O. The van der Waals surface area contributed by atoms with Gasteiger partial charge in [-0.25, -0.2) is 0 Å². The Morgan fingerprint density at radius 3 is 2.95 bits per heavy atom. The van der Waals surface area contributed by atoms with Crippen molar-refractivity contribution in [2.24, 2.45) is 0 Å². The van der Waals surface area contributed by atoms with E-state index < -0.39 is 0 Å². The van der Waals surface area contributed by atoms with E-state index in [0.717, 1.165) is 35.5 Å². The van der Waals surface area contributed by atoms with Gasteiger partial charge in [0.1, 0.15) is 0 Å². The molecule has 4 nitrogen and oxygen atoms in total. The summed E-state index contributed by atoms with van der Waals surface area (Å²) in [5.41, 5.74) is 2.04. The summed E-state index contributed by atoms with van der Waals surface area (Å²) in [6, 6.07) is 5.70. The van der Waals surface area contributed by atoms with Crippen LogP contribution in [0.25, 0.3) is 0 Å². The summed E-state index contributed by atoms with van der Waals surface area (Å²) in [4.78, 5) is 25.4. The molecule has 1 fully saturated rings. The third kappa shape index (κ3) is 4.73. The summed E-state index contributed by atoms with van der Waals surface area (Å²) in [6.07, 6.45) is 3.89. The first-order valence-electron chi connectivity index (χ1n) is 7.86. The number of nitrogens with one attached hydrogen (secondary N) is 1.